The number of ether oxygens (including phenoxy) is 1. The van der Waals surface area contributed by atoms with Crippen LogP contribution in [0.25, 0.3) is 11.1 Å². The van der Waals surface area contributed by atoms with E-state index in [2.05, 4.69) is 19.9 Å². The Morgan fingerprint density at radius 2 is 2.00 bits per heavy atom. The zero-order valence-electron chi connectivity index (χ0n) is 11.2. The van der Waals surface area contributed by atoms with Crippen LogP contribution in [0.1, 0.15) is 19.4 Å². The molecule has 3 rings (SSSR count). The van der Waals surface area contributed by atoms with Gasteiger partial charge >= 0.3 is 0 Å². The molecule has 2 heterocycles. The Hall–Kier alpha value is -1.37. The Balaban J connectivity index is 1.99. The summed E-state index contributed by atoms with van der Waals surface area (Å²) in [5.74, 6) is 0.903. The molecule has 2 N–H and O–H groups in total. The third-order valence-corrected chi connectivity index (χ3v) is 5.64. The van der Waals surface area contributed by atoms with Gasteiger partial charge in [-0.2, -0.15) is 0 Å². The van der Waals surface area contributed by atoms with Crippen LogP contribution in [-0.2, 0) is 16.4 Å². The number of primary sulfonamides is 1. The predicted octanol–water partition coefficient (Wildman–Crippen LogP) is 2.78. The van der Waals surface area contributed by atoms with Gasteiger partial charge in [0, 0.05) is 6.42 Å². The quantitative estimate of drug-likeness (QED) is 0.927. The predicted molar refractivity (Wildman–Crippen MR) is 79.5 cm³/mol. The van der Waals surface area contributed by atoms with Gasteiger partial charge < -0.3 is 4.74 Å². The van der Waals surface area contributed by atoms with Gasteiger partial charge in [0.2, 0.25) is 10.0 Å². The van der Waals surface area contributed by atoms with E-state index in [0.29, 0.717) is 0 Å². The van der Waals surface area contributed by atoms with Crippen LogP contribution < -0.4 is 9.88 Å². The molecule has 0 aliphatic carbocycles. The lowest BCUT2D eigenvalue weighted by molar-refractivity contribution is 0.138. The molecule has 0 unspecified atom stereocenters. The van der Waals surface area contributed by atoms with E-state index in [4.69, 9.17) is 9.88 Å². The second kappa shape index (κ2) is 4.31. The monoisotopic (exact) mass is 309 g/mol. The Labute approximate surface area is 122 Å². The van der Waals surface area contributed by atoms with Gasteiger partial charge in [0.1, 0.15) is 15.6 Å². The number of sulfonamides is 1. The summed E-state index contributed by atoms with van der Waals surface area (Å²) in [6.45, 7) is 4.10. The highest BCUT2D eigenvalue weighted by atomic mass is 32.2. The topological polar surface area (TPSA) is 69.4 Å². The average Bonchev–Trinajstić information content (AvgIpc) is 2.88. The number of thiophene rings is 1. The highest BCUT2D eigenvalue weighted by Gasteiger charge is 2.30. The number of hydrogen-bond donors (Lipinski definition) is 1. The first kappa shape index (κ1) is 13.6. The maximum absolute atomic E-state index is 11.3. The lowest BCUT2D eigenvalue weighted by Crippen LogP contribution is -2.24. The van der Waals surface area contributed by atoms with Crippen molar-refractivity contribution in [2.75, 3.05) is 0 Å². The minimum absolute atomic E-state index is 0.179. The van der Waals surface area contributed by atoms with Gasteiger partial charge in [-0.05, 0) is 54.1 Å². The van der Waals surface area contributed by atoms with E-state index >= 15 is 0 Å². The van der Waals surface area contributed by atoms with E-state index in [-0.39, 0.29) is 9.81 Å². The molecular formula is C14H15NO3S2. The van der Waals surface area contributed by atoms with Crippen LogP contribution in [0.15, 0.2) is 33.9 Å². The molecule has 0 saturated heterocycles. The van der Waals surface area contributed by atoms with Gasteiger partial charge in [-0.3, -0.25) is 0 Å². The molecule has 0 fully saturated rings. The van der Waals surface area contributed by atoms with Gasteiger partial charge in [-0.15, -0.1) is 11.3 Å². The SMILES string of the molecule is CC1(C)Cc2cc(-c3csc(S(N)(=O)=O)c3)ccc2O1. The third kappa shape index (κ3) is 2.46. The van der Waals surface area contributed by atoms with Crippen molar-refractivity contribution in [2.24, 2.45) is 5.14 Å². The molecule has 0 atom stereocenters. The van der Waals surface area contributed by atoms with Crippen LogP contribution in [0.2, 0.25) is 0 Å². The average molecular weight is 309 g/mol. The molecule has 1 aliphatic rings. The first-order valence-electron chi connectivity index (χ1n) is 6.18. The summed E-state index contributed by atoms with van der Waals surface area (Å²) in [5.41, 5.74) is 2.82. The fourth-order valence-electron chi connectivity index (χ4n) is 2.41. The summed E-state index contributed by atoms with van der Waals surface area (Å²) in [7, 11) is -3.63. The van der Waals surface area contributed by atoms with Crippen molar-refractivity contribution >= 4 is 21.4 Å². The van der Waals surface area contributed by atoms with Gasteiger partial charge in [0.15, 0.2) is 0 Å². The van der Waals surface area contributed by atoms with Crippen LogP contribution in [0.3, 0.4) is 0 Å². The van der Waals surface area contributed by atoms with Crippen molar-refractivity contribution < 1.29 is 13.2 Å². The molecule has 106 valence electrons. The lowest BCUT2D eigenvalue weighted by atomic mass is 9.99. The second-order valence-corrected chi connectivity index (χ2v) is 8.26. The van der Waals surface area contributed by atoms with Crippen LogP contribution in [0.4, 0.5) is 0 Å². The molecule has 0 bridgehead atoms. The number of fused-ring (bicyclic) bond motifs is 1. The largest absolute Gasteiger partial charge is 0.487 e. The van der Waals surface area contributed by atoms with Gasteiger partial charge in [0.05, 0.1) is 0 Å². The van der Waals surface area contributed by atoms with Gasteiger partial charge in [0.25, 0.3) is 0 Å². The number of rotatable bonds is 2. The first-order chi connectivity index (χ1) is 9.24. The van der Waals surface area contributed by atoms with Crippen LogP contribution in [-0.4, -0.2) is 14.0 Å². The Morgan fingerprint density at radius 3 is 2.65 bits per heavy atom. The molecule has 1 aliphatic heterocycles. The summed E-state index contributed by atoms with van der Waals surface area (Å²) in [6.07, 6.45) is 0.850. The molecule has 1 aromatic heterocycles. The van der Waals surface area contributed by atoms with Crippen molar-refractivity contribution in [1.29, 1.82) is 0 Å². The lowest BCUT2D eigenvalue weighted by Gasteiger charge is -2.16. The van der Waals surface area contributed by atoms with Crippen molar-refractivity contribution in [3.05, 3.63) is 35.2 Å². The number of hydrogen-bond acceptors (Lipinski definition) is 4. The van der Waals surface area contributed by atoms with E-state index in [0.717, 1.165) is 40.2 Å². The summed E-state index contributed by atoms with van der Waals surface area (Å²) in [5, 5.41) is 6.94. The molecule has 20 heavy (non-hydrogen) atoms. The van der Waals surface area contributed by atoms with Gasteiger partial charge in [-0.25, -0.2) is 13.6 Å². The molecule has 0 amide bonds. The van der Waals surface area contributed by atoms with Crippen LogP contribution >= 0.6 is 11.3 Å². The molecule has 2 aromatic rings. The van der Waals surface area contributed by atoms with Crippen LogP contribution in [0, 0.1) is 0 Å². The summed E-state index contributed by atoms with van der Waals surface area (Å²) in [4.78, 5) is 0. The van der Waals surface area contributed by atoms with Gasteiger partial charge in [-0.1, -0.05) is 6.07 Å². The van der Waals surface area contributed by atoms with Crippen molar-refractivity contribution in [3.63, 3.8) is 0 Å². The minimum atomic E-state index is -3.63. The summed E-state index contributed by atoms with van der Waals surface area (Å²) < 4.78 is 28.7. The van der Waals surface area contributed by atoms with E-state index in [1.165, 1.54) is 0 Å². The van der Waals surface area contributed by atoms with Crippen molar-refractivity contribution in [2.45, 2.75) is 30.1 Å². The highest BCUT2D eigenvalue weighted by Crippen LogP contribution is 2.38. The second-order valence-electron chi connectivity index (χ2n) is 5.56. The fourth-order valence-corrected chi connectivity index (χ4v) is 4.02. The maximum Gasteiger partial charge on any atom is 0.247 e. The zero-order chi connectivity index (χ0) is 14.5. The molecule has 0 spiro atoms. The first-order valence-corrected chi connectivity index (χ1v) is 8.61. The Morgan fingerprint density at radius 1 is 1.25 bits per heavy atom. The molecule has 1 aromatic carbocycles. The van der Waals surface area contributed by atoms with E-state index < -0.39 is 10.0 Å². The fraction of sp³-hybridized carbons (Fsp3) is 0.286. The molecule has 6 heteroatoms. The van der Waals surface area contributed by atoms with E-state index in [9.17, 15) is 8.42 Å². The summed E-state index contributed by atoms with van der Waals surface area (Å²) >= 11 is 1.14. The molecule has 0 radical (unpaired) electrons. The number of benzene rings is 1. The Kier molecular flexibility index (Phi) is 2.93. The third-order valence-electron chi connectivity index (χ3n) is 3.25. The van der Waals surface area contributed by atoms with Crippen molar-refractivity contribution in [1.82, 2.24) is 0 Å². The van der Waals surface area contributed by atoms with E-state index in [1.807, 2.05) is 17.5 Å². The molecule has 0 saturated carbocycles. The van der Waals surface area contributed by atoms with E-state index in [1.54, 1.807) is 6.07 Å². The smallest absolute Gasteiger partial charge is 0.247 e. The molecule has 4 nitrogen and oxygen atoms in total. The van der Waals surface area contributed by atoms with Crippen molar-refractivity contribution in [3.8, 4) is 16.9 Å². The highest BCUT2D eigenvalue weighted by molar-refractivity contribution is 7.91. The maximum atomic E-state index is 11.3. The molecular weight excluding hydrogens is 294 g/mol. The summed E-state index contributed by atoms with van der Waals surface area (Å²) in [6, 6.07) is 7.55. The standard InChI is InChI=1S/C14H15NO3S2/c1-14(2)7-10-5-9(3-4-12(10)18-14)11-6-13(19-8-11)20(15,16)17/h3-6,8H,7H2,1-2H3,(H2,15,16,17). The zero-order valence-corrected chi connectivity index (χ0v) is 12.8. The minimum Gasteiger partial charge on any atom is -0.487 e. The Bertz CT molecular complexity index is 775. The van der Waals surface area contributed by atoms with Crippen LogP contribution in [0.5, 0.6) is 5.75 Å². The number of nitrogens with two attached hydrogens (primary N) is 1. The normalized spacial score (nSPS) is 16.8.